The molecule has 0 aromatic heterocycles. The summed E-state index contributed by atoms with van der Waals surface area (Å²) in [4.78, 5) is 18.3. The van der Waals surface area contributed by atoms with Gasteiger partial charge in [0.1, 0.15) is 0 Å². The zero-order chi connectivity index (χ0) is 24.1. The standard InChI is InChI=1S/C30H35ClN2O/c1-30(2,3)26-13-11-25(12-14-26)29(34)33(22-24-9-15-27(31)16-10-24)28-17-19-32(20-18-28)21-23-7-5-4-6-8-23/h4-16,28H,17-22H2,1-3H3. The minimum atomic E-state index is 0.0656. The maximum atomic E-state index is 13.7. The molecule has 0 aliphatic carbocycles. The fourth-order valence-electron chi connectivity index (χ4n) is 4.66. The average Bonchev–Trinajstić information content (AvgIpc) is 2.84. The van der Waals surface area contributed by atoms with Crippen LogP contribution in [0.2, 0.25) is 5.02 Å². The maximum Gasteiger partial charge on any atom is 0.254 e. The molecule has 1 saturated heterocycles. The second kappa shape index (κ2) is 10.8. The SMILES string of the molecule is CC(C)(C)c1ccc(C(=O)N(Cc2ccc(Cl)cc2)C2CCN(Cc3ccccc3)CC2)cc1. The lowest BCUT2D eigenvalue weighted by Crippen LogP contribution is -2.46. The van der Waals surface area contributed by atoms with Gasteiger partial charge in [-0.1, -0.05) is 87.0 Å². The van der Waals surface area contributed by atoms with E-state index >= 15 is 0 Å². The number of halogens is 1. The molecule has 0 saturated carbocycles. The molecule has 4 heteroatoms. The van der Waals surface area contributed by atoms with Crippen LogP contribution in [0.4, 0.5) is 0 Å². The van der Waals surface area contributed by atoms with Crippen LogP contribution in [0.5, 0.6) is 0 Å². The van der Waals surface area contributed by atoms with Crippen LogP contribution in [0.15, 0.2) is 78.9 Å². The summed E-state index contributed by atoms with van der Waals surface area (Å²) in [5.41, 5.74) is 4.51. The Hall–Kier alpha value is -2.62. The first-order chi connectivity index (χ1) is 16.3. The van der Waals surface area contributed by atoms with Crippen LogP contribution in [-0.2, 0) is 18.5 Å². The summed E-state index contributed by atoms with van der Waals surface area (Å²) in [6.07, 6.45) is 1.96. The minimum Gasteiger partial charge on any atom is -0.331 e. The van der Waals surface area contributed by atoms with Gasteiger partial charge in [0.25, 0.3) is 5.91 Å². The van der Waals surface area contributed by atoms with Gasteiger partial charge in [-0.05, 0) is 59.2 Å². The Morgan fingerprint density at radius 3 is 2.09 bits per heavy atom. The van der Waals surface area contributed by atoms with Gasteiger partial charge in [-0.15, -0.1) is 0 Å². The Labute approximate surface area is 209 Å². The number of carbonyl (C=O) groups excluding carboxylic acids is 1. The first kappa shape index (κ1) is 24.5. The van der Waals surface area contributed by atoms with Crippen LogP contribution in [0, 0.1) is 0 Å². The second-order valence-corrected chi connectivity index (χ2v) is 10.8. The van der Waals surface area contributed by atoms with E-state index in [1.54, 1.807) is 0 Å². The van der Waals surface area contributed by atoms with Crippen molar-refractivity contribution in [3.63, 3.8) is 0 Å². The lowest BCUT2D eigenvalue weighted by atomic mass is 9.86. The van der Waals surface area contributed by atoms with Crippen LogP contribution < -0.4 is 0 Å². The number of likely N-dealkylation sites (tertiary alicyclic amines) is 1. The first-order valence-corrected chi connectivity index (χ1v) is 12.6. The number of hydrogen-bond acceptors (Lipinski definition) is 2. The number of benzene rings is 3. The third-order valence-electron chi connectivity index (χ3n) is 6.77. The van der Waals surface area contributed by atoms with Gasteiger partial charge in [-0.3, -0.25) is 9.69 Å². The number of carbonyl (C=O) groups is 1. The third-order valence-corrected chi connectivity index (χ3v) is 7.02. The summed E-state index contributed by atoms with van der Waals surface area (Å²) in [5, 5.41) is 0.716. The average molecular weight is 475 g/mol. The summed E-state index contributed by atoms with van der Waals surface area (Å²) >= 11 is 6.10. The van der Waals surface area contributed by atoms with Crippen molar-refractivity contribution in [3.8, 4) is 0 Å². The Morgan fingerprint density at radius 2 is 1.50 bits per heavy atom. The van der Waals surface area contributed by atoms with Gasteiger partial charge in [0.05, 0.1) is 0 Å². The van der Waals surface area contributed by atoms with Crippen LogP contribution in [0.1, 0.15) is 60.7 Å². The molecule has 1 fully saturated rings. The molecule has 178 valence electrons. The van der Waals surface area contributed by atoms with Crippen LogP contribution in [0.25, 0.3) is 0 Å². The number of amides is 1. The highest BCUT2D eigenvalue weighted by Gasteiger charge is 2.29. The Morgan fingerprint density at radius 1 is 0.882 bits per heavy atom. The molecule has 1 amide bonds. The number of nitrogens with zero attached hydrogens (tertiary/aromatic N) is 2. The lowest BCUT2D eigenvalue weighted by molar-refractivity contribution is 0.0543. The number of piperidine rings is 1. The molecule has 1 aliphatic heterocycles. The van der Waals surface area contributed by atoms with E-state index < -0.39 is 0 Å². The quantitative estimate of drug-likeness (QED) is 0.386. The fraction of sp³-hybridized carbons (Fsp3) is 0.367. The molecule has 0 atom stereocenters. The van der Waals surface area contributed by atoms with E-state index in [1.165, 1.54) is 11.1 Å². The van der Waals surface area contributed by atoms with E-state index in [0.29, 0.717) is 11.6 Å². The van der Waals surface area contributed by atoms with Crippen molar-refractivity contribution in [2.24, 2.45) is 0 Å². The number of hydrogen-bond donors (Lipinski definition) is 0. The van der Waals surface area contributed by atoms with E-state index in [0.717, 1.165) is 43.6 Å². The molecule has 3 aromatic rings. The highest BCUT2D eigenvalue weighted by Crippen LogP contribution is 2.26. The van der Waals surface area contributed by atoms with E-state index in [1.807, 2.05) is 36.4 Å². The molecule has 0 radical (unpaired) electrons. The normalized spacial score (nSPS) is 15.3. The second-order valence-electron chi connectivity index (χ2n) is 10.4. The summed E-state index contributed by atoms with van der Waals surface area (Å²) in [6, 6.07) is 26.9. The molecule has 0 unspecified atom stereocenters. The van der Waals surface area contributed by atoms with Gasteiger partial charge in [-0.25, -0.2) is 0 Å². The van der Waals surface area contributed by atoms with Gasteiger partial charge >= 0.3 is 0 Å². The molecule has 1 aliphatic rings. The number of rotatable bonds is 6. The van der Waals surface area contributed by atoms with Crippen molar-refractivity contribution in [2.75, 3.05) is 13.1 Å². The van der Waals surface area contributed by atoms with E-state index in [4.69, 9.17) is 11.6 Å². The van der Waals surface area contributed by atoms with Gasteiger partial charge in [0, 0.05) is 42.8 Å². The Balaban J connectivity index is 1.50. The van der Waals surface area contributed by atoms with Gasteiger partial charge in [0.2, 0.25) is 0 Å². The molecule has 0 N–H and O–H groups in total. The first-order valence-electron chi connectivity index (χ1n) is 12.2. The van der Waals surface area contributed by atoms with E-state index in [9.17, 15) is 4.79 Å². The van der Waals surface area contributed by atoms with Gasteiger partial charge in [0.15, 0.2) is 0 Å². The van der Waals surface area contributed by atoms with Crippen LogP contribution in [0.3, 0.4) is 0 Å². The Kier molecular flexibility index (Phi) is 7.75. The largest absolute Gasteiger partial charge is 0.331 e. The summed E-state index contributed by atoms with van der Waals surface area (Å²) in [7, 11) is 0. The van der Waals surface area contributed by atoms with Crippen molar-refractivity contribution >= 4 is 17.5 Å². The van der Waals surface area contributed by atoms with Gasteiger partial charge < -0.3 is 4.90 Å². The van der Waals surface area contributed by atoms with Crippen LogP contribution in [-0.4, -0.2) is 34.8 Å². The predicted molar refractivity (Wildman–Crippen MR) is 141 cm³/mol. The smallest absolute Gasteiger partial charge is 0.254 e. The molecule has 3 nitrogen and oxygen atoms in total. The molecular formula is C30H35ClN2O. The minimum absolute atomic E-state index is 0.0656. The van der Waals surface area contributed by atoms with E-state index in [-0.39, 0.29) is 17.4 Å². The highest BCUT2D eigenvalue weighted by molar-refractivity contribution is 6.30. The summed E-state index contributed by atoms with van der Waals surface area (Å²) in [5.74, 6) is 0.108. The predicted octanol–water partition coefficient (Wildman–Crippen LogP) is 6.94. The highest BCUT2D eigenvalue weighted by atomic mass is 35.5. The Bertz CT molecular complexity index is 1060. The molecule has 4 rings (SSSR count). The molecule has 0 spiro atoms. The van der Waals surface area contributed by atoms with Crippen molar-refractivity contribution in [1.82, 2.24) is 9.80 Å². The van der Waals surface area contributed by atoms with Crippen molar-refractivity contribution < 1.29 is 4.79 Å². The zero-order valence-corrected chi connectivity index (χ0v) is 21.3. The lowest BCUT2D eigenvalue weighted by Gasteiger charge is -2.39. The van der Waals surface area contributed by atoms with Crippen molar-refractivity contribution in [1.29, 1.82) is 0 Å². The maximum absolute atomic E-state index is 13.7. The van der Waals surface area contributed by atoms with Gasteiger partial charge in [-0.2, -0.15) is 0 Å². The molecule has 3 aromatic carbocycles. The topological polar surface area (TPSA) is 23.6 Å². The molecule has 34 heavy (non-hydrogen) atoms. The van der Waals surface area contributed by atoms with Crippen molar-refractivity contribution in [3.05, 3.63) is 106 Å². The third kappa shape index (κ3) is 6.28. The molecule has 1 heterocycles. The zero-order valence-electron chi connectivity index (χ0n) is 20.5. The molecule has 0 bridgehead atoms. The fourth-order valence-corrected chi connectivity index (χ4v) is 4.79. The van der Waals surface area contributed by atoms with Crippen molar-refractivity contribution in [2.45, 2.75) is 58.2 Å². The van der Waals surface area contributed by atoms with E-state index in [2.05, 4.69) is 73.0 Å². The molecular weight excluding hydrogens is 440 g/mol. The monoisotopic (exact) mass is 474 g/mol. The summed E-state index contributed by atoms with van der Waals surface area (Å²) < 4.78 is 0. The van der Waals surface area contributed by atoms with Crippen LogP contribution >= 0.6 is 11.6 Å². The summed E-state index contributed by atoms with van der Waals surface area (Å²) in [6.45, 7) is 10.1.